The van der Waals surface area contributed by atoms with E-state index < -0.39 is 0 Å². The summed E-state index contributed by atoms with van der Waals surface area (Å²) in [6.45, 7) is 3.95. The van der Waals surface area contributed by atoms with Crippen LogP contribution in [0.25, 0.3) is 47.5 Å². The molecule has 7 aromatic rings. The van der Waals surface area contributed by atoms with Crippen LogP contribution in [0.3, 0.4) is 0 Å². The van der Waals surface area contributed by atoms with Crippen LogP contribution in [0.15, 0.2) is 126 Å². The highest BCUT2D eigenvalue weighted by Gasteiger charge is 2.21. The van der Waals surface area contributed by atoms with Crippen molar-refractivity contribution in [1.82, 2.24) is 0 Å². The number of benzene rings is 5. The predicted molar refractivity (Wildman–Crippen MR) is 173 cm³/mol. The Morgan fingerprint density at radius 3 is 2.21 bits per heavy atom. The second kappa shape index (κ2) is 9.55. The van der Waals surface area contributed by atoms with Gasteiger partial charge in [0.2, 0.25) is 0 Å². The maximum Gasteiger partial charge on any atom is 0.101 e. The number of fused-ring (bicyclic) bond motifs is 5. The standard InChI is InChI=1S/C34H22BrNS2/c1-2-22-12-15-25(16-13-22)36(33-19-18-30(38-33)23-8-4-3-5-9-23)29-21-32-34(27-11-7-6-10-26(27)29)28-20-24(35)14-17-31(28)37-32/h2-21H,1H2. The van der Waals surface area contributed by atoms with Crippen LogP contribution < -0.4 is 4.90 Å². The van der Waals surface area contributed by atoms with Gasteiger partial charge < -0.3 is 4.90 Å². The first-order valence-electron chi connectivity index (χ1n) is 12.4. The molecular formula is C34H22BrNS2. The van der Waals surface area contributed by atoms with Gasteiger partial charge in [-0.25, -0.2) is 0 Å². The van der Waals surface area contributed by atoms with Gasteiger partial charge in [-0.05, 0) is 65.0 Å². The van der Waals surface area contributed by atoms with Gasteiger partial charge in [-0.2, -0.15) is 0 Å². The number of halogens is 1. The molecule has 1 nitrogen and oxygen atoms in total. The predicted octanol–water partition coefficient (Wildman–Crippen LogP) is 11.8. The van der Waals surface area contributed by atoms with Gasteiger partial charge in [0.1, 0.15) is 5.00 Å². The van der Waals surface area contributed by atoms with Crippen molar-refractivity contribution in [3.8, 4) is 10.4 Å². The first-order valence-corrected chi connectivity index (χ1v) is 14.8. The van der Waals surface area contributed by atoms with E-state index >= 15 is 0 Å². The Balaban J connectivity index is 1.51. The first-order chi connectivity index (χ1) is 18.7. The van der Waals surface area contributed by atoms with Crippen molar-refractivity contribution >= 4 is 92.0 Å². The van der Waals surface area contributed by atoms with E-state index in [-0.39, 0.29) is 0 Å². The van der Waals surface area contributed by atoms with Crippen molar-refractivity contribution in [3.63, 3.8) is 0 Å². The maximum atomic E-state index is 3.95. The van der Waals surface area contributed by atoms with Crippen molar-refractivity contribution in [1.29, 1.82) is 0 Å². The molecule has 0 aliphatic rings. The lowest BCUT2D eigenvalue weighted by Gasteiger charge is -2.25. The van der Waals surface area contributed by atoms with Gasteiger partial charge >= 0.3 is 0 Å². The lowest BCUT2D eigenvalue weighted by atomic mass is 10.0. The van der Waals surface area contributed by atoms with Crippen LogP contribution >= 0.6 is 38.6 Å². The second-order valence-electron chi connectivity index (χ2n) is 9.19. The molecule has 0 N–H and O–H groups in total. The fourth-order valence-electron chi connectivity index (χ4n) is 5.13. The number of hydrogen-bond donors (Lipinski definition) is 0. The van der Waals surface area contributed by atoms with Crippen molar-refractivity contribution in [2.75, 3.05) is 4.90 Å². The fourth-order valence-corrected chi connectivity index (χ4v) is 7.67. The molecule has 0 radical (unpaired) electrons. The first kappa shape index (κ1) is 23.4. The highest BCUT2D eigenvalue weighted by atomic mass is 79.9. The fraction of sp³-hybridized carbons (Fsp3) is 0. The molecule has 38 heavy (non-hydrogen) atoms. The molecule has 0 bridgehead atoms. The van der Waals surface area contributed by atoms with E-state index in [9.17, 15) is 0 Å². The van der Waals surface area contributed by atoms with E-state index in [1.54, 1.807) is 0 Å². The summed E-state index contributed by atoms with van der Waals surface area (Å²) in [4.78, 5) is 3.66. The molecule has 0 saturated heterocycles. The Labute approximate surface area is 238 Å². The summed E-state index contributed by atoms with van der Waals surface area (Å²) in [5.41, 5.74) is 4.67. The number of hydrogen-bond acceptors (Lipinski definition) is 3. The zero-order chi connectivity index (χ0) is 25.6. The maximum absolute atomic E-state index is 3.95. The largest absolute Gasteiger partial charge is 0.301 e. The summed E-state index contributed by atoms with van der Waals surface area (Å²) in [7, 11) is 0. The Bertz CT molecular complexity index is 1950. The summed E-state index contributed by atoms with van der Waals surface area (Å²) < 4.78 is 3.70. The third-order valence-corrected chi connectivity index (χ3v) is 9.65. The molecule has 0 fully saturated rings. The Morgan fingerprint density at radius 1 is 0.658 bits per heavy atom. The van der Waals surface area contributed by atoms with Gasteiger partial charge in [0.15, 0.2) is 0 Å². The summed E-state index contributed by atoms with van der Waals surface area (Å²) in [6, 6.07) is 41.5. The van der Waals surface area contributed by atoms with E-state index in [0.29, 0.717) is 0 Å². The zero-order valence-corrected chi connectivity index (χ0v) is 23.6. The number of thiophene rings is 2. The van der Waals surface area contributed by atoms with E-state index in [2.05, 4.69) is 143 Å². The van der Waals surface area contributed by atoms with Gasteiger partial charge in [-0.1, -0.05) is 95.3 Å². The highest BCUT2D eigenvalue weighted by Crippen LogP contribution is 2.48. The van der Waals surface area contributed by atoms with Crippen LogP contribution in [0.2, 0.25) is 0 Å². The summed E-state index contributed by atoms with van der Waals surface area (Å²) in [6.07, 6.45) is 1.89. The highest BCUT2D eigenvalue weighted by molar-refractivity contribution is 9.10. The molecule has 2 aromatic heterocycles. The monoisotopic (exact) mass is 587 g/mol. The molecule has 0 unspecified atom stereocenters. The van der Waals surface area contributed by atoms with Gasteiger partial charge in [0.05, 0.1) is 5.69 Å². The minimum absolute atomic E-state index is 1.11. The van der Waals surface area contributed by atoms with Crippen LogP contribution in [0.5, 0.6) is 0 Å². The molecular weight excluding hydrogens is 566 g/mol. The minimum Gasteiger partial charge on any atom is -0.301 e. The summed E-state index contributed by atoms with van der Waals surface area (Å²) in [5, 5.41) is 6.32. The number of rotatable bonds is 5. The molecule has 182 valence electrons. The van der Waals surface area contributed by atoms with E-state index in [1.807, 2.05) is 28.7 Å². The normalized spacial score (nSPS) is 11.4. The van der Waals surface area contributed by atoms with E-state index in [1.165, 1.54) is 52.1 Å². The average molecular weight is 589 g/mol. The van der Waals surface area contributed by atoms with Crippen LogP contribution in [0.1, 0.15) is 5.56 Å². The topological polar surface area (TPSA) is 3.24 Å². The third-order valence-electron chi connectivity index (χ3n) is 6.92. The SMILES string of the molecule is C=Cc1ccc(N(c2ccc(-c3ccccc3)s2)c2cc3sc4ccc(Br)cc4c3c3ccccc23)cc1. The third kappa shape index (κ3) is 3.97. The second-order valence-corrected chi connectivity index (χ2v) is 12.3. The quantitative estimate of drug-likeness (QED) is 0.193. The van der Waals surface area contributed by atoms with Crippen LogP contribution in [-0.2, 0) is 0 Å². The van der Waals surface area contributed by atoms with Crippen molar-refractivity contribution in [2.45, 2.75) is 0 Å². The molecule has 0 saturated carbocycles. The smallest absolute Gasteiger partial charge is 0.101 e. The molecule has 0 amide bonds. The van der Waals surface area contributed by atoms with Crippen LogP contribution in [0.4, 0.5) is 16.4 Å². The van der Waals surface area contributed by atoms with Gasteiger partial charge in [0, 0.05) is 40.6 Å². The molecule has 0 atom stereocenters. The molecule has 0 aliphatic heterocycles. The van der Waals surface area contributed by atoms with Gasteiger partial charge in [0.25, 0.3) is 0 Å². The van der Waals surface area contributed by atoms with Crippen LogP contribution in [0, 0.1) is 0 Å². The van der Waals surface area contributed by atoms with Crippen molar-refractivity contribution in [2.24, 2.45) is 0 Å². The Kier molecular flexibility index (Phi) is 5.89. The Hall–Kier alpha value is -3.70. The molecule has 2 heterocycles. The summed E-state index contributed by atoms with van der Waals surface area (Å²) in [5.74, 6) is 0. The van der Waals surface area contributed by atoms with E-state index in [4.69, 9.17) is 0 Å². The Morgan fingerprint density at radius 2 is 1.42 bits per heavy atom. The average Bonchev–Trinajstić information content (AvgIpc) is 3.59. The van der Waals surface area contributed by atoms with Gasteiger partial charge in [-0.15, -0.1) is 22.7 Å². The number of nitrogens with zero attached hydrogens (tertiary/aromatic N) is 1. The lowest BCUT2D eigenvalue weighted by Crippen LogP contribution is -2.09. The molecule has 5 aromatic carbocycles. The van der Waals surface area contributed by atoms with Crippen LogP contribution in [-0.4, -0.2) is 0 Å². The van der Waals surface area contributed by atoms with Gasteiger partial charge in [-0.3, -0.25) is 0 Å². The van der Waals surface area contributed by atoms with E-state index in [0.717, 1.165) is 15.7 Å². The molecule has 0 aliphatic carbocycles. The molecule has 0 spiro atoms. The van der Waals surface area contributed by atoms with Crippen molar-refractivity contribution in [3.05, 3.63) is 132 Å². The summed E-state index contributed by atoms with van der Waals surface area (Å²) >= 11 is 7.37. The molecule has 4 heteroatoms. The lowest BCUT2D eigenvalue weighted by molar-refractivity contribution is 1.34. The molecule has 7 rings (SSSR count). The zero-order valence-electron chi connectivity index (χ0n) is 20.4. The number of anilines is 3. The van der Waals surface area contributed by atoms with Crippen molar-refractivity contribution < 1.29 is 0 Å². The minimum atomic E-state index is 1.11.